The molecule has 1 aromatic carbocycles. The van der Waals surface area contributed by atoms with E-state index in [2.05, 4.69) is 17.2 Å². The second-order valence-electron chi connectivity index (χ2n) is 5.95. The normalized spacial score (nSPS) is 26.3. The van der Waals surface area contributed by atoms with E-state index in [-0.39, 0.29) is 18.5 Å². The molecule has 3 nitrogen and oxygen atoms in total. The summed E-state index contributed by atoms with van der Waals surface area (Å²) in [6.45, 7) is 0.213. The third-order valence-corrected chi connectivity index (χ3v) is 4.61. The molecule has 0 aromatic heterocycles. The number of benzene rings is 1. The highest BCUT2D eigenvalue weighted by atomic mass is 19.1. The van der Waals surface area contributed by atoms with E-state index in [9.17, 15) is 9.18 Å². The molecular formula is C17H19FN2O. The standard InChI is InChI=1S/C17H19FN2O/c18-14-6-5-12(2-1-7-19)15(10-14)17(21)20-16-9-11-3-4-13(16)8-11/h5-6,10-11,13,16H,3-4,7-9,19H2,(H,20,21). The molecule has 0 heterocycles. The van der Waals surface area contributed by atoms with Gasteiger partial charge in [-0.25, -0.2) is 4.39 Å². The van der Waals surface area contributed by atoms with E-state index >= 15 is 0 Å². The number of fused-ring (bicyclic) bond motifs is 2. The van der Waals surface area contributed by atoms with Gasteiger partial charge in [-0.15, -0.1) is 0 Å². The van der Waals surface area contributed by atoms with Crippen molar-refractivity contribution in [2.45, 2.75) is 31.7 Å². The number of hydrogen-bond donors (Lipinski definition) is 2. The molecule has 3 rings (SSSR count). The fourth-order valence-corrected chi connectivity index (χ4v) is 3.63. The summed E-state index contributed by atoms with van der Waals surface area (Å²) < 4.78 is 13.4. The summed E-state index contributed by atoms with van der Waals surface area (Å²) in [5.41, 5.74) is 6.19. The molecule has 3 atom stereocenters. The van der Waals surface area contributed by atoms with Gasteiger partial charge in [0.2, 0.25) is 0 Å². The van der Waals surface area contributed by atoms with Gasteiger partial charge in [-0.1, -0.05) is 18.3 Å². The molecule has 2 bridgehead atoms. The first kappa shape index (κ1) is 14.1. The first-order valence-electron chi connectivity index (χ1n) is 7.46. The van der Waals surface area contributed by atoms with Gasteiger partial charge in [-0.2, -0.15) is 0 Å². The monoisotopic (exact) mass is 286 g/mol. The molecule has 2 fully saturated rings. The SMILES string of the molecule is NCC#Cc1ccc(F)cc1C(=O)NC1CC2CCC1C2. The van der Waals surface area contributed by atoms with Crippen LogP contribution in [-0.2, 0) is 0 Å². The molecule has 0 aliphatic heterocycles. The number of carbonyl (C=O) groups is 1. The lowest BCUT2D eigenvalue weighted by atomic mass is 9.95. The Labute approximate surface area is 124 Å². The van der Waals surface area contributed by atoms with Gasteiger partial charge in [-0.05, 0) is 49.3 Å². The largest absolute Gasteiger partial charge is 0.349 e. The van der Waals surface area contributed by atoms with Gasteiger partial charge in [0.05, 0.1) is 12.1 Å². The Bertz CT molecular complexity index is 617. The topological polar surface area (TPSA) is 55.1 Å². The van der Waals surface area contributed by atoms with Crippen molar-refractivity contribution >= 4 is 5.91 Å². The van der Waals surface area contributed by atoms with Crippen LogP contribution in [0.2, 0.25) is 0 Å². The van der Waals surface area contributed by atoms with Crippen molar-refractivity contribution in [3.63, 3.8) is 0 Å². The summed E-state index contributed by atoms with van der Waals surface area (Å²) in [6.07, 6.45) is 4.74. The van der Waals surface area contributed by atoms with Crippen molar-refractivity contribution in [3.8, 4) is 11.8 Å². The van der Waals surface area contributed by atoms with E-state index in [1.807, 2.05) is 0 Å². The van der Waals surface area contributed by atoms with Crippen LogP contribution in [0.5, 0.6) is 0 Å². The zero-order chi connectivity index (χ0) is 14.8. The molecule has 21 heavy (non-hydrogen) atoms. The average Bonchev–Trinajstić information content (AvgIpc) is 3.08. The lowest BCUT2D eigenvalue weighted by Crippen LogP contribution is -2.38. The molecule has 0 spiro atoms. The molecule has 0 radical (unpaired) electrons. The number of rotatable bonds is 2. The van der Waals surface area contributed by atoms with Crippen LogP contribution in [0.1, 0.15) is 41.6 Å². The van der Waals surface area contributed by atoms with Crippen molar-refractivity contribution in [1.29, 1.82) is 0 Å². The summed E-state index contributed by atoms with van der Waals surface area (Å²) in [5.74, 6) is 6.24. The van der Waals surface area contributed by atoms with Crippen LogP contribution >= 0.6 is 0 Å². The fourth-order valence-electron chi connectivity index (χ4n) is 3.63. The summed E-state index contributed by atoms with van der Waals surface area (Å²) in [4.78, 5) is 12.4. The molecule has 2 aliphatic carbocycles. The number of hydrogen-bond acceptors (Lipinski definition) is 2. The van der Waals surface area contributed by atoms with Crippen LogP contribution in [0.25, 0.3) is 0 Å². The second-order valence-corrected chi connectivity index (χ2v) is 5.95. The van der Waals surface area contributed by atoms with Crippen LogP contribution < -0.4 is 11.1 Å². The Kier molecular flexibility index (Phi) is 3.94. The van der Waals surface area contributed by atoms with Crippen molar-refractivity contribution in [2.75, 3.05) is 6.54 Å². The van der Waals surface area contributed by atoms with Gasteiger partial charge in [0.15, 0.2) is 0 Å². The van der Waals surface area contributed by atoms with E-state index in [0.717, 1.165) is 12.3 Å². The molecule has 4 heteroatoms. The lowest BCUT2D eigenvalue weighted by molar-refractivity contribution is 0.0922. The molecule has 3 N–H and O–H groups in total. The van der Waals surface area contributed by atoms with Gasteiger partial charge in [0.25, 0.3) is 5.91 Å². The summed E-state index contributed by atoms with van der Waals surface area (Å²) in [5, 5.41) is 3.07. The van der Waals surface area contributed by atoms with E-state index in [1.54, 1.807) is 0 Å². The van der Waals surface area contributed by atoms with Crippen molar-refractivity contribution in [2.24, 2.45) is 17.6 Å². The predicted octanol–water partition coefficient (Wildman–Crippen LogP) is 2.05. The van der Waals surface area contributed by atoms with E-state index < -0.39 is 5.82 Å². The minimum Gasteiger partial charge on any atom is -0.349 e. The third kappa shape index (κ3) is 2.93. The van der Waals surface area contributed by atoms with Crippen molar-refractivity contribution < 1.29 is 9.18 Å². The van der Waals surface area contributed by atoms with Crippen LogP contribution in [0, 0.1) is 29.5 Å². The second kappa shape index (κ2) is 5.87. The van der Waals surface area contributed by atoms with Crippen molar-refractivity contribution in [1.82, 2.24) is 5.32 Å². The number of nitrogens with two attached hydrogens (primary N) is 1. The molecule has 1 amide bonds. The van der Waals surface area contributed by atoms with Crippen LogP contribution in [0.3, 0.4) is 0 Å². The van der Waals surface area contributed by atoms with Gasteiger partial charge in [0, 0.05) is 11.6 Å². The number of carbonyl (C=O) groups excluding carboxylic acids is 1. The maximum absolute atomic E-state index is 13.4. The van der Waals surface area contributed by atoms with Gasteiger partial charge < -0.3 is 11.1 Å². The molecule has 1 aromatic rings. The maximum Gasteiger partial charge on any atom is 0.252 e. The van der Waals surface area contributed by atoms with E-state index in [0.29, 0.717) is 17.0 Å². The number of amides is 1. The molecule has 2 aliphatic rings. The average molecular weight is 286 g/mol. The van der Waals surface area contributed by atoms with Crippen LogP contribution in [0.4, 0.5) is 4.39 Å². The highest BCUT2D eigenvalue weighted by Crippen LogP contribution is 2.44. The first-order chi connectivity index (χ1) is 10.2. The Balaban J connectivity index is 1.78. The number of nitrogens with one attached hydrogen (secondary N) is 1. The summed E-state index contributed by atoms with van der Waals surface area (Å²) in [6, 6.07) is 4.33. The highest BCUT2D eigenvalue weighted by molar-refractivity contribution is 5.97. The zero-order valence-electron chi connectivity index (χ0n) is 11.9. The van der Waals surface area contributed by atoms with E-state index in [1.165, 1.54) is 37.5 Å². The molecule has 3 unspecified atom stereocenters. The Morgan fingerprint density at radius 2 is 2.24 bits per heavy atom. The molecule has 0 saturated heterocycles. The number of halogens is 1. The van der Waals surface area contributed by atoms with E-state index in [4.69, 9.17) is 5.73 Å². The molecule has 2 saturated carbocycles. The lowest BCUT2D eigenvalue weighted by Gasteiger charge is -2.23. The highest BCUT2D eigenvalue weighted by Gasteiger charge is 2.40. The zero-order valence-corrected chi connectivity index (χ0v) is 11.9. The molecule has 110 valence electrons. The summed E-state index contributed by atoms with van der Waals surface area (Å²) >= 11 is 0. The third-order valence-electron chi connectivity index (χ3n) is 4.61. The minimum atomic E-state index is -0.425. The fraction of sp³-hybridized carbons (Fsp3) is 0.471. The maximum atomic E-state index is 13.4. The Morgan fingerprint density at radius 3 is 2.90 bits per heavy atom. The minimum absolute atomic E-state index is 0.213. The quantitative estimate of drug-likeness (QED) is 0.818. The van der Waals surface area contributed by atoms with Gasteiger partial charge in [-0.3, -0.25) is 4.79 Å². The first-order valence-corrected chi connectivity index (χ1v) is 7.46. The summed E-state index contributed by atoms with van der Waals surface area (Å²) in [7, 11) is 0. The predicted molar refractivity (Wildman–Crippen MR) is 79.0 cm³/mol. The Morgan fingerprint density at radius 1 is 1.38 bits per heavy atom. The molecular weight excluding hydrogens is 267 g/mol. The van der Waals surface area contributed by atoms with Gasteiger partial charge >= 0.3 is 0 Å². The van der Waals surface area contributed by atoms with Gasteiger partial charge in [0.1, 0.15) is 5.82 Å². The Hall–Kier alpha value is -1.86. The van der Waals surface area contributed by atoms with Crippen LogP contribution in [-0.4, -0.2) is 18.5 Å². The van der Waals surface area contributed by atoms with Crippen LogP contribution in [0.15, 0.2) is 18.2 Å². The van der Waals surface area contributed by atoms with Crippen molar-refractivity contribution in [3.05, 3.63) is 35.1 Å². The smallest absolute Gasteiger partial charge is 0.252 e.